The molecule has 200 valence electrons. The van der Waals surface area contributed by atoms with Gasteiger partial charge in [0.2, 0.25) is 5.89 Å². The molecule has 2 unspecified atom stereocenters. The zero-order chi connectivity index (χ0) is 27.5. The van der Waals surface area contributed by atoms with E-state index in [1.165, 1.54) is 12.3 Å². The normalized spacial score (nSPS) is 12.2. The topological polar surface area (TPSA) is 115 Å². The van der Waals surface area contributed by atoms with Crippen molar-refractivity contribution in [2.45, 2.75) is 45.3 Å². The van der Waals surface area contributed by atoms with Gasteiger partial charge in [-0.2, -0.15) is 17.6 Å². The fourth-order valence-electron chi connectivity index (χ4n) is 4.00. The molecule has 0 aliphatic rings. The summed E-state index contributed by atoms with van der Waals surface area (Å²) in [4.78, 5) is 19.6. The molecule has 0 aliphatic carbocycles. The number of aryl methyl sites for hydroxylation is 1. The minimum absolute atomic E-state index is 0.139. The fraction of sp³-hybridized carbons (Fsp3) is 0.370. The van der Waals surface area contributed by atoms with Gasteiger partial charge in [0.25, 0.3) is 0 Å². The van der Waals surface area contributed by atoms with Crippen molar-refractivity contribution in [2.75, 3.05) is 19.1 Å². The van der Waals surface area contributed by atoms with E-state index in [1.54, 1.807) is 18.4 Å². The second-order valence-corrected chi connectivity index (χ2v) is 9.42. The van der Waals surface area contributed by atoms with Gasteiger partial charge in [-0.3, -0.25) is 9.00 Å². The van der Waals surface area contributed by atoms with Crippen LogP contribution in [0.3, 0.4) is 0 Å². The standard InChI is InChI=1S/C24H25FN4O3S.C2H6.CH4S/c1-14(24-28-21(32-29-24)7-4-10-26)17-5-3-6-18-22(20(12-30)27-23(17)18)15-8-9-16(13-33(2)31)19(25)11-15;2*1-2/h3,5-6,8-9,11-12,14,27H,4,7,10,13,26H2,1-2H3;1-2H3;2H,1H3. The number of aldehydes is 1. The van der Waals surface area contributed by atoms with Gasteiger partial charge < -0.3 is 15.2 Å². The molecule has 0 fully saturated rings. The number of fused-ring (bicyclic) bond motifs is 1. The Morgan fingerprint density at radius 3 is 2.59 bits per heavy atom. The number of benzene rings is 2. The molecule has 0 amide bonds. The highest BCUT2D eigenvalue weighted by molar-refractivity contribution is 7.83. The van der Waals surface area contributed by atoms with E-state index < -0.39 is 16.6 Å². The molecule has 10 heteroatoms. The number of para-hydroxylation sites is 1. The number of carbonyl (C=O) groups excluding carboxylic acids is 1. The molecule has 0 saturated heterocycles. The summed E-state index contributed by atoms with van der Waals surface area (Å²) < 4.78 is 31.5. The van der Waals surface area contributed by atoms with Crippen molar-refractivity contribution in [3.8, 4) is 11.1 Å². The van der Waals surface area contributed by atoms with Gasteiger partial charge in [0.15, 0.2) is 12.1 Å². The molecule has 3 N–H and O–H groups in total. The van der Waals surface area contributed by atoms with Gasteiger partial charge >= 0.3 is 0 Å². The van der Waals surface area contributed by atoms with Crippen LogP contribution in [0.4, 0.5) is 4.39 Å². The Morgan fingerprint density at radius 1 is 1.24 bits per heavy atom. The molecule has 4 aromatic rings. The summed E-state index contributed by atoms with van der Waals surface area (Å²) in [5.41, 5.74) is 9.13. The Bertz CT molecular complexity index is 1340. The van der Waals surface area contributed by atoms with Gasteiger partial charge in [-0.05, 0) is 36.4 Å². The fourth-order valence-corrected chi connectivity index (χ4v) is 4.67. The molecule has 2 heterocycles. The van der Waals surface area contributed by atoms with Crippen LogP contribution in [0.25, 0.3) is 22.0 Å². The minimum atomic E-state index is -1.15. The molecule has 0 bridgehead atoms. The summed E-state index contributed by atoms with van der Waals surface area (Å²) in [7, 11) is -1.15. The Hall–Kier alpha value is -2.82. The zero-order valence-corrected chi connectivity index (χ0v) is 23.6. The lowest BCUT2D eigenvalue weighted by Crippen LogP contribution is -2.02. The Kier molecular flexibility index (Phi) is 12.2. The predicted molar refractivity (Wildman–Crippen MR) is 152 cm³/mol. The average molecular weight is 547 g/mol. The van der Waals surface area contributed by atoms with Gasteiger partial charge in [-0.25, -0.2) is 4.39 Å². The highest BCUT2D eigenvalue weighted by Gasteiger charge is 2.22. The summed E-state index contributed by atoms with van der Waals surface area (Å²) in [6.07, 6.45) is 5.34. The number of halogens is 1. The molecule has 0 radical (unpaired) electrons. The van der Waals surface area contributed by atoms with E-state index in [-0.39, 0.29) is 11.7 Å². The first kappa shape index (κ1) is 30.4. The van der Waals surface area contributed by atoms with Crippen LogP contribution in [0.5, 0.6) is 0 Å². The van der Waals surface area contributed by atoms with E-state index in [0.717, 1.165) is 29.2 Å². The first-order valence-electron chi connectivity index (χ1n) is 12.1. The van der Waals surface area contributed by atoms with E-state index in [2.05, 4.69) is 27.8 Å². The Balaban J connectivity index is 0.00000115. The SMILES string of the molecule is CC.CC(c1noc(CCCN)n1)c1cccc2c(-c3ccc(CS(C)=O)c(F)c3)c(C=O)[nH]c12.CS. The molecule has 0 spiro atoms. The number of aromatic nitrogens is 3. The van der Waals surface area contributed by atoms with Crippen LogP contribution in [-0.2, 0) is 23.0 Å². The summed E-state index contributed by atoms with van der Waals surface area (Å²) in [5.74, 6) is 0.573. The molecule has 4 rings (SSSR count). The van der Waals surface area contributed by atoms with Gasteiger partial charge in [0, 0.05) is 45.9 Å². The van der Waals surface area contributed by atoms with Crippen LogP contribution >= 0.6 is 12.6 Å². The number of carbonyl (C=O) groups is 1. The maximum Gasteiger partial charge on any atom is 0.226 e. The van der Waals surface area contributed by atoms with Gasteiger partial charge in [0.1, 0.15) is 5.82 Å². The van der Waals surface area contributed by atoms with Crippen LogP contribution in [0, 0.1) is 5.82 Å². The molecule has 0 aliphatic heterocycles. The number of hydrogen-bond donors (Lipinski definition) is 3. The molecule has 2 atom stereocenters. The van der Waals surface area contributed by atoms with Crippen molar-refractivity contribution in [1.29, 1.82) is 0 Å². The third kappa shape index (κ3) is 7.15. The quantitative estimate of drug-likeness (QED) is 0.184. The number of nitrogens with one attached hydrogen (secondary N) is 1. The van der Waals surface area contributed by atoms with E-state index >= 15 is 0 Å². The highest BCUT2D eigenvalue weighted by atomic mass is 32.2. The van der Waals surface area contributed by atoms with E-state index in [4.69, 9.17) is 10.3 Å². The second-order valence-electron chi connectivity index (χ2n) is 7.99. The third-order valence-electron chi connectivity index (χ3n) is 5.65. The lowest BCUT2D eigenvalue weighted by molar-refractivity contribution is 0.112. The second kappa shape index (κ2) is 14.8. The number of thiol groups is 1. The maximum atomic E-state index is 14.7. The van der Waals surface area contributed by atoms with Crippen molar-refractivity contribution < 1.29 is 17.9 Å². The number of aromatic amines is 1. The monoisotopic (exact) mass is 546 g/mol. The van der Waals surface area contributed by atoms with Crippen molar-refractivity contribution >= 4 is 40.6 Å². The number of hydrogen-bond acceptors (Lipinski definition) is 7. The number of rotatable bonds is 9. The van der Waals surface area contributed by atoms with Crippen molar-refractivity contribution in [3.63, 3.8) is 0 Å². The van der Waals surface area contributed by atoms with E-state index in [0.29, 0.717) is 47.1 Å². The molecular formula is C27H35FN4O3S2. The predicted octanol–water partition coefficient (Wildman–Crippen LogP) is 5.66. The molecule has 37 heavy (non-hydrogen) atoms. The summed E-state index contributed by atoms with van der Waals surface area (Å²) in [6.45, 7) is 6.51. The van der Waals surface area contributed by atoms with Gasteiger partial charge in [-0.1, -0.05) is 56.3 Å². The van der Waals surface area contributed by atoms with Crippen LogP contribution in [0.15, 0.2) is 40.9 Å². The first-order valence-corrected chi connectivity index (χ1v) is 14.7. The lowest BCUT2D eigenvalue weighted by atomic mass is 9.95. The summed E-state index contributed by atoms with van der Waals surface area (Å²) in [6, 6.07) is 10.5. The number of nitrogens with two attached hydrogens (primary N) is 1. The van der Waals surface area contributed by atoms with Crippen LogP contribution in [0.1, 0.15) is 66.4 Å². The minimum Gasteiger partial charge on any atom is -0.352 e. The van der Waals surface area contributed by atoms with Crippen LogP contribution < -0.4 is 5.73 Å². The third-order valence-corrected chi connectivity index (χ3v) is 6.36. The van der Waals surface area contributed by atoms with E-state index in [1.807, 2.05) is 39.0 Å². The van der Waals surface area contributed by atoms with Gasteiger partial charge in [-0.15, -0.1) is 0 Å². The lowest BCUT2D eigenvalue weighted by Gasteiger charge is -2.09. The Morgan fingerprint density at radius 2 is 1.97 bits per heavy atom. The molecule has 7 nitrogen and oxygen atoms in total. The van der Waals surface area contributed by atoms with Crippen molar-refractivity contribution in [3.05, 3.63) is 70.8 Å². The van der Waals surface area contributed by atoms with E-state index in [9.17, 15) is 13.4 Å². The van der Waals surface area contributed by atoms with Gasteiger partial charge in [0.05, 0.1) is 17.0 Å². The molecule has 0 saturated carbocycles. The molecule has 2 aromatic carbocycles. The number of H-pyrrole nitrogens is 1. The smallest absolute Gasteiger partial charge is 0.226 e. The molecule has 2 aromatic heterocycles. The van der Waals surface area contributed by atoms with Crippen LogP contribution in [-0.4, -0.2) is 44.7 Å². The maximum absolute atomic E-state index is 14.7. The highest BCUT2D eigenvalue weighted by Crippen LogP contribution is 2.37. The molecular weight excluding hydrogens is 511 g/mol. The van der Waals surface area contributed by atoms with Crippen molar-refractivity contribution in [1.82, 2.24) is 15.1 Å². The number of nitrogens with zero attached hydrogens (tertiary/aromatic N) is 2. The summed E-state index contributed by atoms with van der Waals surface area (Å²) >= 11 is 3.53. The Labute approximate surface area is 225 Å². The average Bonchev–Trinajstić information content (AvgIpc) is 3.55. The van der Waals surface area contributed by atoms with Crippen LogP contribution in [0.2, 0.25) is 0 Å². The largest absolute Gasteiger partial charge is 0.352 e. The first-order chi connectivity index (χ1) is 17.9. The zero-order valence-electron chi connectivity index (χ0n) is 21.9. The van der Waals surface area contributed by atoms with Crippen molar-refractivity contribution in [2.24, 2.45) is 5.73 Å². The summed E-state index contributed by atoms with van der Waals surface area (Å²) in [5, 5.41) is 4.91.